The third-order valence-electron chi connectivity index (χ3n) is 4.83. The Balaban J connectivity index is 1.67. The minimum absolute atomic E-state index is 0.0293. The highest BCUT2D eigenvalue weighted by Gasteiger charge is 2.29. The SMILES string of the molecule is O=C(c1cc([N+](=O)[O-])ccc1I)N1CCN(C2CCCC2)CC1. The molecule has 0 atom stereocenters. The van der Waals surface area contributed by atoms with Gasteiger partial charge in [0.25, 0.3) is 11.6 Å². The van der Waals surface area contributed by atoms with Crippen LogP contribution in [0.15, 0.2) is 18.2 Å². The molecule has 0 bridgehead atoms. The predicted octanol–water partition coefficient (Wildman–Crippen LogP) is 2.90. The fourth-order valence-electron chi connectivity index (χ4n) is 3.52. The second-order valence-electron chi connectivity index (χ2n) is 6.19. The van der Waals surface area contributed by atoms with E-state index in [1.807, 2.05) is 4.90 Å². The molecule has 1 aliphatic heterocycles. The summed E-state index contributed by atoms with van der Waals surface area (Å²) in [4.78, 5) is 27.5. The molecule has 0 radical (unpaired) electrons. The number of halogens is 1. The van der Waals surface area contributed by atoms with Crippen molar-refractivity contribution < 1.29 is 9.72 Å². The van der Waals surface area contributed by atoms with Crippen LogP contribution in [0.25, 0.3) is 0 Å². The van der Waals surface area contributed by atoms with Crippen molar-refractivity contribution in [1.29, 1.82) is 0 Å². The Morgan fingerprint density at radius 2 is 1.83 bits per heavy atom. The number of nitro groups is 1. The number of carbonyl (C=O) groups excluding carboxylic acids is 1. The van der Waals surface area contributed by atoms with Crippen molar-refractivity contribution in [3.63, 3.8) is 0 Å². The number of nitro benzene ring substituents is 1. The number of benzene rings is 1. The zero-order valence-electron chi connectivity index (χ0n) is 12.9. The molecule has 7 heteroatoms. The summed E-state index contributed by atoms with van der Waals surface area (Å²) in [6.45, 7) is 3.21. The summed E-state index contributed by atoms with van der Waals surface area (Å²) >= 11 is 2.07. The van der Waals surface area contributed by atoms with Crippen LogP contribution in [0, 0.1) is 13.7 Å². The lowest BCUT2D eigenvalue weighted by atomic mass is 10.1. The molecule has 1 aromatic carbocycles. The van der Waals surface area contributed by atoms with E-state index in [1.54, 1.807) is 6.07 Å². The summed E-state index contributed by atoms with van der Waals surface area (Å²) in [5.74, 6) is -0.0934. The molecule has 1 saturated heterocycles. The predicted molar refractivity (Wildman–Crippen MR) is 95.5 cm³/mol. The van der Waals surface area contributed by atoms with Gasteiger partial charge in [0.05, 0.1) is 10.5 Å². The van der Waals surface area contributed by atoms with E-state index in [-0.39, 0.29) is 11.6 Å². The Kier molecular flexibility index (Phi) is 5.15. The molecule has 1 aromatic rings. The molecule has 1 aliphatic carbocycles. The monoisotopic (exact) mass is 429 g/mol. The summed E-state index contributed by atoms with van der Waals surface area (Å²) in [7, 11) is 0. The molecule has 0 spiro atoms. The van der Waals surface area contributed by atoms with Gasteiger partial charge in [-0.3, -0.25) is 19.8 Å². The standard InChI is InChI=1S/C16H20IN3O3/c17-15-6-5-13(20(22)23)11-14(15)16(21)19-9-7-18(8-10-19)12-3-1-2-4-12/h5-6,11-12H,1-4,7-10H2. The van der Waals surface area contributed by atoms with Crippen LogP contribution < -0.4 is 0 Å². The van der Waals surface area contributed by atoms with Crippen molar-refractivity contribution >= 4 is 34.2 Å². The molecular formula is C16H20IN3O3. The maximum Gasteiger partial charge on any atom is 0.270 e. The van der Waals surface area contributed by atoms with Crippen LogP contribution in [-0.2, 0) is 0 Å². The smallest absolute Gasteiger partial charge is 0.270 e. The highest BCUT2D eigenvalue weighted by Crippen LogP contribution is 2.25. The van der Waals surface area contributed by atoms with Crippen molar-refractivity contribution in [2.24, 2.45) is 0 Å². The summed E-state index contributed by atoms with van der Waals surface area (Å²) in [6.07, 6.45) is 5.18. The van der Waals surface area contributed by atoms with E-state index in [4.69, 9.17) is 0 Å². The largest absolute Gasteiger partial charge is 0.336 e. The van der Waals surface area contributed by atoms with E-state index in [2.05, 4.69) is 27.5 Å². The van der Waals surface area contributed by atoms with Gasteiger partial charge in [-0.1, -0.05) is 12.8 Å². The summed E-state index contributed by atoms with van der Waals surface area (Å²) in [6, 6.07) is 5.16. The molecule has 0 N–H and O–H groups in total. The minimum Gasteiger partial charge on any atom is -0.336 e. The molecule has 2 aliphatic rings. The van der Waals surface area contributed by atoms with Crippen molar-refractivity contribution in [1.82, 2.24) is 9.80 Å². The zero-order valence-corrected chi connectivity index (χ0v) is 15.1. The molecule has 2 fully saturated rings. The van der Waals surface area contributed by atoms with Gasteiger partial charge in [-0.15, -0.1) is 0 Å². The first-order valence-electron chi connectivity index (χ1n) is 8.03. The fourth-order valence-corrected chi connectivity index (χ4v) is 4.09. The molecular weight excluding hydrogens is 409 g/mol. The van der Waals surface area contributed by atoms with Crippen molar-refractivity contribution in [2.75, 3.05) is 26.2 Å². The number of hydrogen-bond donors (Lipinski definition) is 0. The van der Waals surface area contributed by atoms with Gasteiger partial charge in [0.15, 0.2) is 0 Å². The normalized spacial score (nSPS) is 20.0. The Hall–Kier alpha value is -1.22. The van der Waals surface area contributed by atoms with Gasteiger partial charge in [-0.25, -0.2) is 0 Å². The van der Waals surface area contributed by atoms with E-state index in [0.717, 1.165) is 16.7 Å². The van der Waals surface area contributed by atoms with Crippen LogP contribution >= 0.6 is 22.6 Å². The van der Waals surface area contributed by atoms with Crippen molar-refractivity contribution in [3.8, 4) is 0 Å². The Bertz CT molecular complexity index is 609. The van der Waals surface area contributed by atoms with Gasteiger partial charge >= 0.3 is 0 Å². The fraction of sp³-hybridized carbons (Fsp3) is 0.562. The third-order valence-corrected chi connectivity index (χ3v) is 5.77. The third kappa shape index (κ3) is 3.65. The molecule has 1 saturated carbocycles. The van der Waals surface area contributed by atoms with E-state index in [1.165, 1.54) is 37.8 Å². The number of rotatable bonds is 3. The van der Waals surface area contributed by atoms with Crippen LogP contribution in [0.3, 0.4) is 0 Å². The van der Waals surface area contributed by atoms with Crippen LogP contribution in [0.2, 0.25) is 0 Å². The number of piperazine rings is 1. The second-order valence-corrected chi connectivity index (χ2v) is 7.35. The first kappa shape index (κ1) is 16.6. The first-order chi connectivity index (χ1) is 11.1. The van der Waals surface area contributed by atoms with Gasteiger partial charge in [0, 0.05) is 47.9 Å². The summed E-state index contributed by atoms with van der Waals surface area (Å²) < 4.78 is 0.761. The molecule has 6 nitrogen and oxygen atoms in total. The molecule has 124 valence electrons. The summed E-state index contributed by atoms with van der Waals surface area (Å²) in [5, 5.41) is 10.9. The number of hydrogen-bond acceptors (Lipinski definition) is 4. The molecule has 1 heterocycles. The first-order valence-corrected chi connectivity index (χ1v) is 9.11. The lowest BCUT2D eigenvalue weighted by Crippen LogP contribution is -2.51. The van der Waals surface area contributed by atoms with Crippen LogP contribution in [0.5, 0.6) is 0 Å². The van der Waals surface area contributed by atoms with Crippen LogP contribution in [0.1, 0.15) is 36.0 Å². The number of amides is 1. The topological polar surface area (TPSA) is 66.7 Å². The summed E-state index contributed by atoms with van der Waals surface area (Å²) in [5.41, 5.74) is 0.410. The maximum absolute atomic E-state index is 12.7. The number of nitrogens with zero attached hydrogens (tertiary/aromatic N) is 3. The molecule has 23 heavy (non-hydrogen) atoms. The Morgan fingerprint density at radius 3 is 2.43 bits per heavy atom. The van der Waals surface area contributed by atoms with E-state index >= 15 is 0 Å². The van der Waals surface area contributed by atoms with E-state index < -0.39 is 4.92 Å². The highest BCUT2D eigenvalue weighted by atomic mass is 127. The highest BCUT2D eigenvalue weighted by molar-refractivity contribution is 14.1. The van der Waals surface area contributed by atoms with Crippen LogP contribution in [-0.4, -0.2) is 52.9 Å². The number of carbonyl (C=O) groups is 1. The quantitative estimate of drug-likeness (QED) is 0.421. The molecule has 3 rings (SSSR count). The van der Waals surface area contributed by atoms with Crippen molar-refractivity contribution in [3.05, 3.63) is 37.4 Å². The average molecular weight is 429 g/mol. The average Bonchev–Trinajstić information content (AvgIpc) is 3.09. The van der Waals surface area contributed by atoms with Gasteiger partial charge in [0.1, 0.15) is 0 Å². The van der Waals surface area contributed by atoms with Crippen LogP contribution in [0.4, 0.5) is 5.69 Å². The van der Waals surface area contributed by atoms with Gasteiger partial charge in [-0.2, -0.15) is 0 Å². The maximum atomic E-state index is 12.7. The van der Waals surface area contributed by atoms with Crippen molar-refractivity contribution in [2.45, 2.75) is 31.7 Å². The van der Waals surface area contributed by atoms with Gasteiger partial charge in [-0.05, 0) is 41.5 Å². The molecule has 1 amide bonds. The minimum atomic E-state index is -0.453. The zero-order chi connectivity index (χ0) is 16.4. The van der Waals surface area contributed by atoms with Gasteiger partial charge in [0.2, 0.25) is 0 Å². The molecule has 0 aromatic heterocycles. The Morgan fingerprint density at radius 1 is 1.17 bits per heavy atom. The lowest BCUT2D eigenvalue weighted by molar-refractivity contribution is -0.384. The number of non-ortho nitro benzene ring substituents is 1. The Labute approximate surface area is 149 Å². The second kappa shape index (κ2) is 7.12. The van der Waals surface area contributed by atoms with Gasteiger partial charge < -0.3 is 4.90 Å². The van der Waals surface area contributed by atoms with E-state index in [9.17, 15) is 14.9 Å². The molecule has 0 unspecified atom stereocenters. The lowest BCUT2D eigenvalue weighted by Gasteiger charge is -2.38. The van der Waals surface area contributed by atoms with E-state index in [0.29, 0.717) is 24.7 Å².